The van der Waals surface area contributed by atoms with Crippen molar-refractivity contribution in [2.75, 3.05) is 46.1 Å². The van der Waals surface area contributed by atoms with E-state index in [1.807, 2.05) is 4.90 Å². The molecule has 0 radical (unpaired) electrons. The first-order valence-electron chi connectivity index (χ1n) is 11.8. The highest BCUT2D eigenvalue weighted by Gasteiger charge is 2.19. The van der Waals surface area contributed by atoms with E-state index in [4.69, 9.17) is 14.5 Å². The van der Waals surface area contributed by atoms with Crippen molar-refractivity contribution >= 4 is 11.9 Å². The van der Waals surface area contributed by atoms with Gasteiger partial charge in [0.05, 0.1) is 6.54 Å². The summed E-state index contributed by atoms with van der Waals surface area (Å²) in [4.78, 5) is 18.4. The molecule has 0 unspecified atom stereocenters. The summed E-state index contributed by atoms with van der Waals surface area (Å²) >= 11 is 0. The van der Waals surface area contributed by atoms with E-state index in [1.165, 1.54) is 5.56 Å². The molecule has 0 saturated carbocycles. The average Bonchev–Trinajstić information content (AvgIpc) is 3.20. The highest BCUT2D eigenvalue weighted by Crippen LogP contribution is 2.15. The van der Waals surface area contributed by atoms with Gasteiger partial charge in [-0.25, -0.2) is 4.99 Å². The molecule has 3 rings (SSSR count). The number of ether oxygens (including phenoxy) is 2. The average molecular weight is 431 g/mol. The van der Waals surface area contributed by atoms with Crippen molar-refractivity contribution in [1.82, 2.24) is 15.5 Å². The first-order valence-corrected chi connectivity index (χ1v) is 11.8. The molecule has 0 atom stereocenters. The zero-order valence-corrected chi connectivity index (χ0v) is 18.9. The van der Waals surface area contributed by atoms with Gasteiger partial charge in [0.15, 0.2) is 5.96 Å². The fraction of sp³-hybridized carbons (Fsp3) is 0.667. The van der Waals surface area contributed by atoms with Crippen LogP contribution < -0.4 is 10.6 Å². The number of nitrogens with zero attached hydrogens (tertiary/aromatic N) is 2. The van der Waals surface area contributed by atoms with Crippen LogP contribution in [0.5, 0.6) is 0 Å². The van der Waals surface area contributed by atoms with Crippen LogP contribution >= 0.6 is 0 Å². The number of carbonyl (C=O) groups excluding carboxylic acids is 1. The van der Waals surface area contributed by atoms with Crippen molar-refractivity contribution in [2.24, 2.45) is 10.9 Å². The maximum Gasteiger partial charge on any atom is 0.222 e. The molecule has 1 aromatic rings. The Hall–Kier alpha value is -2.12. The van der Waals surface area contributed by atoms with E-state index in [1.54, 1.807) is 0 Å². The second-order valence-electron chi connectivity index (χ2n) is 8.34. The SMILES string of the molecule is CCNC(=NCc1ccc(CN2CCCC2=O)cc1)NCCCOCC1CCOCC1. The van der Waals surface area contributed by atoms with Gasteiger partial charge >= 0.3 is 0 Å². The summed E-state index contributed by atoms with van der Waals surface area (Å²) in [5.74, 6) is 1.76. The number of benzene rings is 1. The van der Waals surface area contributed by atoms with Gasteiger partial charge < -0.3 is 25.0 Å². The molecular formula is C24H38N4O3. The second kappa shape index (κ2) is 13.3. The lowest BCUT2D eigenvalue weighted by atomic mass is 10.0. The van der Waals surface area contributed by atoms with Crippen LogP contribution in [-0.4, -0.2) is 62.8 Å². The minimum atomic E-state index is 0.268. The van der Waals surface area contributed by atoms with Crippen molar-refractivity contribution in [1.29, 1.82) is 0 Å². The maximum atomic E-state index is 11.8. The number of rotatable bonds is 11. The molecule has 1 aromatic carbocycles. The predicted octanol–water partition coefficient (Wildman–Crippen LogP) is 2.70. The second-order valence-corrected chi connectivity index (χ2v) is 8.34. The largest absolute Gasteiger partial charge is 0.381 e. The van der Waals surface area contributed by atoms with Gasteiger partial charge in [0.1, 0.15) is 0 Å². The molecule has 0 aromatic heterocycles. The fourth-order valence-corrected chi connectivity index (χ4v) is 3.90. The molecule has 7 heteroatoms. The third-order valence-electron chi connectivity index (χ3n) is 5.78. The van der Waals surface area contributed by atoms with Gasteiger partial charge in [-0.05, 0) is 49.7 Å². The van der Waals surface area contributed by atoms with Gasteiger partial charge in [-0.2, -0.15) is 0 Å². The molecule has 1 amide bonds. The number of guanidine groups is 1. The quantitative estimate of drug-likeness (QED) is 0.321. The van der Waals surface area contributed by atoms with Crippen molar-refractivity contribution in [3.63, 3.8) is 0 Å². The number of amides is 1. The van der Waals surface area contributed by atoms with Crippen LogP contribution in [0.3, 0.4) is 0 Å². The van der Waals surface area contributed by atoms with Crippen LogP contribution in [0.2, 0.25) is 0 Å². The lowest BCUT2D eigenvalue weighted by Gasteiger charge is -2.21. The fourth-order valence-electron chi connectivity index (χ4n) is 3.90. The van der Waals surface area contributed by atoms with Crippen LogP contribution in [0.15, 0.2) is 29.3 Å². The van der Waals surface area contributed by atoms with Crippen molar-refractivity contribution in [3.05, 3.63) is 35.4 Å². The van der Waals surface area contributed by atoms with Gasteiger partial charge in [-0.1, -0.05) is 24.3 Å². The van der Waals surface area contributed by atoms with E-state index in [-0.39, 0.29) is 5.91 Å². The van der Waals surface area contributed by atoms with Gasteiger partial charge in [0.25, 0.3) is 0 Å². The number of hydrogen-bond donors (Lipinski definition) is 2. The lowest BCUT2D eigenvalue weighted by molar-refractivity contribution is -0.128. The minimum Gasteiger partial charge on any atom is -0.381 e. The predicted molar refractivity (Wildman–Crippen MR) is 123 cm³/mol. The smallest absolute Gasteiger partial charge is 0.222 e. The number of carbonyl (C=O) groups is 1. The number of hydrogen-bond acceptors (Lipinski definition) is 4. The molecule has 2 fully saturated rings. The molecule has 31 heavy (non-hydrogen) atoms. The normalized spacial score (nSPS) is 17.9. The summed E-state index contributed by atoms with van der Waals surface area (Å²) in [6.07, 6.45) is 4.86. The van der Waals surface area contributed by atoms with Crippen LogP contribution in [0.1, 0.15) is 50.2 Å². The zero-order valence-electron chi connectivity index (χ0n) is 18.9. The van der Waals surface area contributed by atoms with Gasteiger partial charge in [-0.15, -0.1) is 0 Å². The van der Waals surface area contributed by atoms with Crippen LogP contribution in [-0.2, 0) is 27.4 Å². The molecule has 7 nitrogen and oxygen atoms in total. The lowest BCUT2D eigenvalue weighted by Crippen LogP contribution is -2.38. The molecule has 2 heterocycles. The summed E-state index contributed by atoms with van der Waals surface area (Å²) in [6, 6.07) is 8.42. The highest BCUT2D eigenvalue weighted by atomic mass is 16.5. The van der Waals surface area contributed by atoms with E-state index in [0.717, 1.165) is 83.3 Å². The van der Waals surface area contributed by atoms with Crippen molar-refractivity contribution < 1.29 is 14.3 Å². The van der Waals surface area contributed by atoms with Crippen LogP contribution in [0.4, 0.5) is 0 Å². The Bertz CT molecular complexity index is 687. The molecule has 0 spiro atoms. The molecule has 2 saturated heterocycles. The van der Waals surface area contributed by atoms with Crippen molar-refractivity contribution in [3.8, 4) is 0 Å². The molecule has 172 valence electrons. The highest BCUT2D eigenvalue weighted by molar-refractivity contribution is 5.79. The minimum absolute atomic E-state index is 0.268. The standard InChI is InChI=1S/C24H38N4O3/c1-2-25-24(26-12-4-14-31-19-22-10-15-30-16-11-22)27-17-20-6-8-21(9-7-20)18-28-13-3-5-23(28)29/h6-9,22H,2-5,10-19H2,1H3,(H2,25,26,27). The third-order valence-corrected chi connectivity index (χ3v) is 5.78. The summed E-state index contributed by atoms with van der Waals surface area (Å²) in [7, 11) is 0. The molecule has 2 N–H and O–H groups in total. The zero-order chi connectivity index (χ0) is 21.7. The molecule has 2 aliphatic rings. The monoisotopic (exact) mass is 430 g/mol. The Morgan fingerprint density at radius 1 is 1.19 bits per heavy atom. The van der Waals surface area contributed by atoms with Crippen molar-refractivity contribution in [2.45, 2.75) is 52.1 Å². The molecular weight excluding hydrogens is 392 g/mol. The first kappa shape index (κ1) is 23.5. The Labute approximate surface area is 186 Å². The molecule has 0 aliphatic carbocycles. The van der Waals surface area contributed by atoms with Gasteiger partial charge in [0.2, 0.25) is 5.91 Å². The molecule has 2 aliphatic heterocycles. The number of likely N-dealkylation sites (tertiary alicyclic amines) is 1. The van der Waals surface area contributed by atoms with Crippen LogP contribution in [0, 0.1) is 5.92 Å². The first-order chi connectivity index (χ1) is 15.2. The van der Waals surface area contributed by atoms with E-state index >= 15 is 0 Å². The van der Waals surface area contributed by atoms with E-state index in [9.17, 15) is 4.79 Å². The summed E-state index contributed by atoms with van der Waals surface area (Å²) < 4.78 is 11.2. The van der Waals surface area contributed by atoms with E-state index in [0.29, 0.717) is 25.4 Å². The Kier molecular flexibility index (Phi) is 10.1. The molecule has 0 bridgehead atoms. The van der Waals surface area contributed by atoms with Gasteiger partial charge in [0, 0.05) is 59.0 Å². The van der Waals surface area contributed by atoms with E-state index < -0.39 is 0 Å². The summed E-state index contributed by atoms with van der Waals surface area (Å²) in [5, 5.41) is 6.69. The number of nitrogens with one attached hydrogen (secondary N) is 2. The maximum absolute atomic E-state index is 11.8. The summed E-state index contributed by atoms with van der Waals surface area (Å²) in [6.45, 7) is 9.31. The number of aliphatic imine (C=N–C) groups is 1. The van der Waals surface area contributed by atoms with Crippen LogP contribution in [0.25, 0.3) is 0 Å². The van der Waals surface area contributed by atoms with E-state index in [2.05, 4.69) is 41.8 Å². The topological polar surface area (TPSA) is 75.2 Å². The van der Waals surface area contributed by atoms with Gasteiger partial charge in [-0.3, -0.25) is 4.79 Å². The third kappa shape index (κ3) is 8.50. The summed E-state index contributed by atoms with van der Waals surface area (Å²) in [5.41, 5.74) is 2.34. The Morgan fingerprint density at radius 2 is 1.97 bits per heavy atom. The Morgan fingerprint density at radius 3 is 2.68 bits per heavy atom. The Balaban J connectivity index is 1.34.